The summed E-state index contributed by atoms with van der Waals surface area (Å²) in [5.41, 5.74) is 6.55. The Morgan fingerprint density at radius 2 is 1.73 bits per heavy atom. The number of H-pyrrole nitrogens is 1. The molecule has 4 heteroatoms. The van der Waals surface area contributed by atoms with E-state index in [4.69, 9.17) is 0 Å². The number of hydrogen-bond donors (Lipinski definition) is 1. The van der Waals surface area contributed by atoms with Gasteiger partial charge in [0.05, 0.1) is 6.04 Å². The molecule has 0 radical (unpaired) electrons. The molecule has 30 heavy (non-hydrogen) atoms. The first-order valence-electron chi connectivity index (χ1n) is 10.3. The second-order valence-corrected chi connectivity index (χ2v) is 8.68. The molecule has 0 fully saturated rings. The average Bonchev–Trinajstić information content (AvgIpc) is 3.17. The Kier molecular flexibility index (Phi) is 4.87. The highest BCUT2D eigenvalue weighted by molar-refractivity contribution is 7.98. The number of aromatic amines is 1. The molecule has 1 aliphatic rings. The van der Waals surface area contributed by atoms with Crippen molar-refractivity contribution < 1.29 is 4.79 Å². The minimum Gasteiger partial charge on any atom is -0.356 e. The molecule has 1 N–H and O–H groups in total. The second kappa shape index (κ2) is 7.69. The Morgan fingerprint density at radius 3 is 2.50 bits per heavy atom. The minimum absolute atomic E-state index is 0.0938. The van der Waals surface area contributed by atoms with Crippen molar-refractivity contribution in [2.24, 2.45) is 0 Å². The van der Waals surface area contributed by atoms with Gasteiger partial charge < -0.3 is 9.88 Å². The third kappa shape index (κ3) is 3.12. The molecule has 4 aromatic rings. The monoisotopic (exact) mass is 412 g/mol. The van der Waals surface area contributed by atoms with Gasteiger partial charge in [0.15, 0.2) is 0 Å². The van der Waals surface area contributed by atoms with E-state index < -0.39 is 0 Å². The molecule has 1 aliphatic heterocycles. The van der Waals surface area contributed by atoms with Crippen LogP contribution >= 0.6 is 11.8 Å². The van der Waals surface area contributed by atoms with E-state index in [-0.39, 0.29) is 11.9 Å². The zero-order chi connectivity index (χ0) is 20.7. The fraction of sp³-hybridized carbons (Fsp3) is 0.192. The van der Waals surface area contributed by atoms with Crippen molar-refractivity contribution >= 4 is 28.6 Å². The van der Waals surface area contributed by atoms with Crippen molar-refractivity contribution in [2.75, 3.05) is 12.8 Å². The van der Waals surface area contributed by atoms with E-state index in [1.54, 1.807) is 11.8 Å². The van der Waals surface area contributed by atoms with E-state index in [9.17, 15) is 4.79 Å². The standard InChI is InChI=1S/C26H24N2OS/c1-17-7-3-4-8-20(17)26(29)28-16-15-22-21-9-5-6-10-23(21)27-24(22)25(28)18-11-13-19(30-2)14-12-18/h3-14,25,27H,15-16H2,1-2H3. The van der Waals surface area contributed by atoms with Gasteiger partial charge in [-0.25, -0.2) is 0 Å². The normalized spacial score (nSPS) is 15.9. The summed E-state index contributed by atoms with van der Waals surface area (Å²) in [6.07, 6.45) is 2.94. The number of thioether (sulfide) groups is 1. The first kappa shape index (κ1) is 19.0. The van der Waals surface area contributed by atoms with Gasteiger partial charge >= 0.3 is 0 Å². The molecule has 1 unspecified atom stereocenters. The van der Waals surface area contributed by atoms with Gasteiger partial charge in [-0.1, -0.05) is 48.5 Å². The molecule has 0 saturated carbocycles. The van der Waals surface area contributed by atoms with Gasteiger partial charge in [0.25, 0.3) is 5.91 Å². The zero-order valence-corrected chi connectivity index (χ0v) is 18.0. The summed E-state index contributed by atoms with van der Waals surface area (Å²) < 4.78 is 0. The van der Waals surface area contributed by atoms with Crippen molar-refractivity contribution in [3.05, 3.63) is 101 Å². The maximum atomic E-state index is 13.7. The van der Waals surface area contributed by atoms with Crippen molar-refractivity contribution in [3.63, 3.8) is 0 Å². The maximum Gasteiger partial charge on any atom is 0.254 e. The fourth-order valence-electron chi connectivity index (χ4n) is 4.56. The van der Waals surface area contributed by atoms with Crippen LogP contribution in [-0.4, -0.2) is 28.6 Å². The van der Waals surface area contributed by atoms with Gasteiger partial charge in [-0.3, -0.25) is 4.79 Å². The lowest BCUT2D eigenvalue weighted by molar-refractivity contribution is 0.0691. The summed E-state index contributed by atoms with van der Waals surface area (Å²) >= 11 is 1.73. The first-order valence-corrected chi connectivity index (χ1v) is 11.5. The second-order valence-electron chi connectivity index (χ2n) is 7.80. The number of rotatable bonds is 3. The third-order valence-electron chi connectivity index (χ3n) is 6.10. The molecule has 1 amide bonds. The lowest BCUT2D eigenvalue weighted by Crippen LogP contribution is -2.40. The summed E-state index contributed by atoms with van der Waals surface area (Å²) in [6.45, 7) is 2.71. The third-order valence-corrected chi connectivity index (χ3v) is 6.85. The number of nitrogens with zero attached hydrogens (tertiary/aromatic N) is 1. The average molecular weight is 413 g/mol. The highest BCUT2D eigenvalue weighted by Crippen LogP contribution is 2.39. The molecule has 150 valence electrons. The van der Waals surface area contributed by atoms with Gasteiger partial charge in [-0.2, -0.15) is 0 Å². The van der Waals surface area contributed by atoms with Crippen LogP contribution in [0.25, 0.3) is 10.9 Å². The molecule has 5 rings (SSSR count). The molecule has 2 heterocycles. The van der Waals surface area contributed by atoms with E-state index in [0.717, 1.165) is 34.3 Å². The van der Waals surface area contributed by atoms with Gasteiger partial charge in [0.2, 0.25) is 0 Å². The Bertz CT molecular complexity index is 1230. The van der Waals surface area contributed by atoms with E-state index in [1.165, 1.54) is 15.8 Å². The number of amides is 1. The Balaban J connectivity index is 1.66. The molecular weight excluding hydrogens is 388 g/mol. The van der Waals surface area contributed by atoms with E-state index in [0.29, 0.717) is 6.54 Å². The SMILES string of the molecule is CSc1ccc(C2c3[nH]c4ccccc4c3CCN2C(=O)c2ccccc2C)cc1. The smallest absolute Gasteiger partial charge is 0.254 e. The number of carbonyl (C=O) groups excluding carboxylic acids is 1. The van der Waals surface area contributed by atoms with Gasteiger partial charge in [0, 0.05) is 33.6 Å². The van der Waals surface area contributed by atoms with Crippen LogP contribution in [0, 0.1) is 6.92 Å². The molecule has 3 aromatic carbocycles. The number of benzene rings is 3. The number of aromatic nitrogens is 1. The number of carbonyl (C=O) groups is 1. The molecule has 0 aliphatic carbocycles. The summed E-state index contributed by atoms with van der Waals surface area (Å²) in [5.74, 6) is 0.0938. The fourth-order valence-corrected chi connectivity index (χ4v) is 4.97. The Hall–Kier alpha value is -2.98. The molecule has 1 atom stereocenters. The first-order chi connectivity index (χ1) is 14.7. The molecule has 0 spiro atoms. The minimum atomic E-state index is -0.121. The van der Waals surface area contributed by atoms with Gasteiger partial charge in [0.1, 0.15) is 0 Å². The van der Waals surface area contributed by atoms with Crippen molar-refractivity contribution in [1.29, 1.82) is 0 Å². The van der Waals surface area contributed by atoms with Gasteiger partial charge in [-0.05, 0) is 60.6 Å². The number of aryl methyl sites for hydroxylation is 1. The summed E-state index contributed by atoms with van der Waals surface area (Å²) in [4.78, 5) is 20.6. The Labute approximate surface area is 181 Å². The quantitative estimate of drug-likeness (QED) is 0.420. The van der Waals surface area contributed by atoms with Crippen molar-refractivity contribution in [1.82, 2.24) is 9.88 Å². The van der Waals surface area contributed by atoms with Crippen LogP contribution in [0.4, 0.5) is 0 Å². The highest BCUT2D eigenvalue weighted by Gasteiger charge is 2.35. The zero-order valence-electron chi connectivity index (χ0n) is 17.2. The predicted octanol–water partition coefficient (Wildman–Crippen LogP) is 5.99. The lowest BCUT2D eigenvalue weighted by atomic mass is 9.91. The number of fused-ring (bicyclic) bond motifs is 3. The highest BCUT2D eigenvalue weighted by atomic mass is 32.2. The van der Waals surface area contributed by atoms with E-state index in [2.05, 4.69) is 59.8 Å². The number of para-hydroxylation sites is 1. The van der Waals surface area contributed by atoms with Gasteiger partial charge in [-0.15, -0.1) is 11.8 Å². The summed E-state index contributed by atoms with van der Waals surface area (Å²) in [6, 6.07) is 24.8. The predicted molar refractivity (Wildman–Crippen MR) is 124 cm³/mol. The molecule has 0 bridgehead atoms. The lowest BCUT2D eigenvalue weighted by Gasteiger charge is -2.36. The van der Waals surface area contributed by atoms with E-state index >= 15 is 0 Å². The summed E-state index contributed by atoms with van der Waals surface area (Å²) in [7, 11) is 0. The van der Waals surface area contributed by atoms with E-state index in [1.807, 2.05) is 36.1 Å². The van der Waals surface area contributed by atoms with Crippen LogP contribution in [0.1, 0.15) is 38.8 Å². The topological polar surface area (TPSA) is 36.1 Å². The molecule has 3 nitrogen and oxygen atoms in total. The molecular formula is C26H24N2OS. The summed E-state index contributed by atoms with van der Waals surface area (Å²) in [5, 5.41) is 1.27. The largest absolute Gasteiger partial charge is 0.356 e. The van der Waals surface area contributed by atoms with Crippen LogP contribution in [0.5, 0.6) is 0 Å². The Morgan fingerprint density at radius 1 is 1.00 bits per heavy atom. The number of nitrogens with one attached hydrogen (secondary N) is 1. The van der Waals surface area contributed by atoms with Crippen LogP contribution in [0.15, 0.2) is 77.7 Å². The number of hydrogen-bond acceptors (Lipinski definition) is 2. The van der Waals surface area contributed by atoms with Crippen LogP contribution < -0.4 is 0 Å². The van der Waals surface area contributed by atoms with Crippen molar-refractivity contribution in [3.8, 4) is 0 Å². The van der Waals surface area contributed by atoms with Crippen LogP contribution in [0.3, 0.4) is 0 Å². The van der Waals surface area contributed by atoms with Crippen molar-refractivity contribution in [2.45, 2.75) is 24.3 Å². The van der Waals surface area contributed by atoms with Crippen LogP contribution in [-0.2, 0) is 6.42 Å². The molecule has 0 saturated heterocycles. The maximum absolute atomic E-state index is 13.7. The van der Waals surface area contributed by atoms with Crippen LogP contribution in [0.2, 0.25) is 0 Å². The molecule has 1 aromatic heterocycles.